The molecule has 162 valence electrons. The zero-order valence-electron chi connectivity index (χ0n) is 17.8. The third kappa shape index (κ3) is 4.15. The van der Waals surface area contributed by atoms with Gasteiger partial charge in [0.15, 0.2) is 4.80 Å². The topological polar surface area (TPSA) is 71.7 Å². The molecule has 6 nitrogen and oxygen atoms in total. The van der Waals surface area contributed by atoms with Gasteiger partial charge in [-0.1, -0.05) is 17.4 Å². The zero-order valence-corrected chi connectivity index (χ0v) is 19.5. The minimum atomic E-state index is -3.54. The first-order chi connectivity index (χ1) is 14.7. The highest BCUT2D eigenvalue weighted by atomic mass is 32.2. The summed E-state index contributed by atoms with van der Waals surface area (Å²) in [6, 6.07) is 10.3. The van der Waals surface area contributed by atoms with E-state index >= 15 is 0 Å². The van der Waals surface area contributed by atoms with E-state index in [1.54, 1.807) is 13.1 Å². The Bertz CT molecular complexity index is 1350. The lowest BCUT2D eigenvalue weighted by molar-refractivity contribution is 0.0998. The largest absolute Gasteiger partial charge is 0.312 e. The average molecular weight is 456 g/mol. The van der Waals surface area contributed by atoms with E-state index in [4.69, 9.17) is 0 Å². The molecule has 0 N–H and O–H groups in total. The highest BCUT2D eigenvalue weighted by Gasteiger charge is 2.35. The summed E-state index contributed by atoms with van der Waals surface area (Å²) >= 11 is 1.46. The highest BCUT2D eigenvalue weighted by molar-refractivity contribution is 7.89. The minimum absolute atomic E-state index is 0.0850. The third-order valence-corrected chi connectivity index (χ3v) is 8.61. The first-order valence-corrected chi connectivity index (χ1v) is 12.4. The number of rotatable bonds is 6. The van der Waals surface area contributed by atoms with Gasteiger partial charge in [0, 0.05) is 25.2 Å². The molecule has 8 heteroatoms. The predicted molar refractivity (Wildman–Crippen MR) is 124 cm³/mol. The molecular weight excluding hydrogens is 430 g/mol. The smallest absolute Gasteiger partial charge is 0.279 e. The molecule has 0 unspecified atom stereocenters. The van der Waals surface area contributed by atoms with Crippen LogP contribution in [0.25, 0.3) is 10.2 Å². The van der Waals surface area contributed by atoms with E-state index in [9.17, 15) is 13.2 Å². The molecule has 4 rings (SSSR count). The molecule has 3 aromatic rings. The summed E-state index contributed by atoms with van der Waals surface area (Å²) in [4.78, 5) is 18.0. The lowest BCUT2D eigenvalue weighted by Crippen LogP contribution is -2.28. The lowest BCUT2D eigenvalue weighted by atomic mass is 10.1. The van der Waals surface area contributed by atoms with Crippen LogP contribution in [0.5, 0.6) is 0 Å². The van der Waals surface area contributed by atoms with Gasteiger partial charge in [-0.3, -0.25) is 4.79 Å². The Morgan fingerprint density at radius 2 is 1.87 bits per heavy atom. The SMILES string of the molecule is C=CCn1c(=NC(=O)c2ccc(S(=O)(=O)N(C)C3CC3)cc2)sc2cc(C)c(C)cc21. The summed E-state index contributed by atoms with van der Waals surface area (Å²) in [5.74, 6) is -0.405. The van der Waals surface area contributed by atoms with Crippen molar-refractivity contribution in [3.63, 3.8) is 0 Å². The van der Waals surface area contributed by atoms with Crippen LogP contribution in [0, 0.1) is 13.8 Å². The lowest BCUT2D eigenvalue weighted by Gasteiger charge is -2.16. The van der Waals surface area contributed by atoms with E-state index in [2.05, 4.69) is 37.6 Å². The van der Waals surface area contributed by atoms with E-state index in [0.29, 0.717) is 16.9 Å². The molecule has 1 aromatic heterocycles. The summed E-state index contributed by atoms with van der Waals surface area (Å²) in [5, 5.41) is 0. The normalized spacial score (nSPS) is 15.0. The molecule has 1 aliphatic carbocycles. The Kier molecular flexibility index (Phi) is 5.72. The van der Waals surface area contributed by atoms with E-state index in [0.717, 1.165) is 23.1 Å². The van der Waals surface area contributed by atoms with Gasteiger partial charge in [0.2, 0.25) is 10.0 Å². The van der Waals surface area contributed by atoms with Gasteiger partial charge >= 0.3 is 0 Å². The van der Waals surface area contributed by atoms with Crippen molar-refractivity contribution in [3.05, 3.63) is 70.5 Å². The Morgan fingerprint density at radius 1 is 1.23 bits per heavy atom. The van der Waals surface area contributed by atoms with Crippen LogP contribution in [0.2, 0.25) is 0 Å². The first kappa shape index (κ1) is 21.7. The molecule has 0 radical (unpaired) electrons. The van der Waals surface area contributed by atoms with Gasteiger partial charge in [-0.15, -0.1) is 6.58 Å². The number of carbonyl (C=O) groups is 1. The number of benzene rings is 2. The molecule has 31 heavy (non-hydrogen) atoms. The van der Waals surface area contributed by atoms with E-state index in [-0.39, 0.29) is 10.9 Å². The van der Waals surface area contributed by atoms with E-state index in [1.807, 2.05) is 4.57 Å². The Hall–Kier alpha value is -2.55. The number of amides is 1. The van der Waals surface area contributed by atoms with Gasteiger partial charge in [-0.25, -0.2) is 8.42 Å². The number of thiazole rings is 1. The zero-order chi connectivity index (χ0) is 22.3. The predicted octanol–water partition coefficient (Wildman–Crippen LogP) is 4.03. The Labute approximate surface area is 186 Å². The van der Waals surface area contributed by atoms with Crippen molar-refractivity contribution >= 4 is 37.5 Å². The quantitative estimate of drug-likeness (QED) is 0.527. The fourth-order valence-electron chi connectivity index (χ4n) is 3.43. The number of fused-ring (bicyclic) bond motifs is 1. The molecule has 1 amide bonds. The fourth-order valence-corrected chi connectivity index (χ4v) is 5.97. The Morgan fingerprint density at radius 3 is 2.48 bits per heavy atom. The maximum atomic E-state index is 12.8. The number of aromatic nitrogens is 1. The van der Waals surface area contributed by atoms with Crippen LogP contribution >= 0.6 is 11.3 Å². The standard InChI is InChI=1S/C23H25N3O3S2/c1-5-12-26-20-13-15(2)16(3)14-21(20)30-23(26)24-22(27)17-6-10-19(11-7-17)31(28,29)25(4)18-8-9-18/h5-7,10-11,13-14,18H,1,8-9,12H2,2-4H3. The number of carbonyl (C=O) groups excluding carboxylic acids is 1. The van der Waals surface area contributed by atoms with Gasteiger partial charge in [0.25, 0.3) is 5.91 Å². The number of hydrogen-bond donors (Lipinski definition) is 0. The van der Waals surface area contributed by atoms with Crippen LogP contribution < -0.4 is 4.80 Å². The van der Waals surface area contributed by atoms with Gasteiger partial charge in [0.1, 0.15) is 0 Å². The van der Waals surface area contributed by atoms with Gasteiger partial charge < -0.3 is 4.57 Å². The molecule has 1 fully saturated rings. The molecule has 0 atom stereocenters. The van der Waals surface area contributed by atoms with E-state index < -0.39 is 15.9 Å². The second kappa shape index (κ2) is 8.18. The highest BCUT2D eigenvalue weighted by Crippen LogP contribution is 2.30. The van der Waals surface area contributed by atoms with Gasteiger partial charge in [0.05, 0.1) is 15.1 Å². The maximum absolute atomic E-state index is 12.8. The number of nitrogens with zero attached hydrogens (tertiary/aromatic N) is 3. The van der Waals surface area contributed by atoms with E-state index in [1.165, 1.54) is 51.0 Å². The molecule has 0 spiro atoms. The summed E-state index contributed by atoms with van der Waals surface area (Å²) < 4.78 is 29.8. The van der Waals surface area contributed by atoms with Crippen LogP contribution in [-0.2, 0) is 16.6 Å². The molecule has 2 aromatic carbocycles. The first-order valence-electron chi connectivity index (χ1n) is 10.1. The van der Waals surface area contributed by atoms with Crippen molar-refractivity contribution in [3.8, 4) is 0 Å². The Balaban J connectivity index is 1.69. The van der Waals surface area contributed by atoms with Crippen LogP contribution in [0.15, 0.2) is 58.9 Å². The van der Waals surface area contributed by atoms with Crippen LogP contribution in [0.1, 0.15) is 34.3 Å². The van der Waals surface area contributed by atoms with Gasteiger partial charge in [-0.2, -0.15) is 9.30 Å². The monoisotopic (exact) mass is 455 g/mol. The molecule has 1 aliphatic rings. The van der Waals surface area contributed by atoms with Crippen molar-refractivity contribution in [1.29, 1.82) is 0 Å². The maximum Gasteiger partial charge on any atom is 0.279 e. The van der Waals surface area contributed by atoms with Gasteiger partial charge in [-0.05, 0) is 74.2 Å². The van der Waals surface area contributed by atoms with Crippen molar-refractivity contribution < 1.29 is 13.2 Å². The fraction of sp³-hybridized carbons (Fsp3) is 0.304. The molecule has 1 saturated carbocycles. The molecule has 0 bridgehead atoms. The second-order valence-electron chi connectivity index (χ2n) is 7.88. The summed E-state index contributed by atoms with van der Waals surface area (Å²) in [6.45, 7) is 8.48. The molecule has 0 aliphatic heterocycles. The average Bonchev–Trinajstić information content (AvgIpc) is 3.54. The summed E-state index contributed by atoms with van der Waals surface area (Å²) in [5.41, 5.74) is 3.73. The number of sulfonamides is 1. The summed E-state index contributed by atoms with van der Waals surface area (Å²) in [6.07, 6.45) is 3.56. The number of hydrogen-bond acceptors (Lipinski definition) is 4. The number of allylic oxidation sites excluding steroid dienone is 1. The van der Waals surface area contributed by atoms with Crippen molar-refractivity contribution in [2.24, 2.45) is 4.99 Å². The minimum Gasteiger partial charge on any atom is -0.312 e. The number of aryl methyl sites for hydroxylation is 2. The molecule has 1 heterocycles. The van der Waals surface area contributed by atoms with Crippen LogP contribution in [-0.4, -0.2) is 36.3 Å². The van der Waals surface area contributed by atoms with Crippen LogP contribution in [0.4, 0.5) is 0 Å². The van der Waals surface area contributed by atoms with Crippen molar-refractivity contribution in [2.45, 2.75) is 44.2 Å². The molecular formula is C23H25N3O3S2. The van der Waals surface area contributed by atoms with Crippen LogP contribution in [0.3, 0.4) is 0 Å². The van der Waals surface area contributed by atoms with Crippen molar-refractivity contribution in [1.82, 2.24) is 8.87 Å². The molecule has 0 saturated heterocycles. The van der Waals surface area contributed by atoms with Crippen molar-refractivity contribution in [2.75, 3.05) is 7.05 Å². The third-order valence-electron chi connectivity index (χ3n) is 5.65. The second-order valence-corrected chi connectivity index (χ2v) is 10.9. The summed E-state index contributed by atoms with van der Waals surface area (Å²) in [7, 11) is -1.94.